The van der Waals surface area contributed by atoms with Crippen LogP contribution in [-0.2, 0) is 11.6 Å². The molecule has 27 heavy (non-hydrogen) atoms. The van der Waals surface area contributed by atoms with Crippen LogP contribution in [0.5, 0.6) is 0 Å². The molecule has 2 heterocycles. The van der Waals surface area contributed by atoms with Crippen molar-refractivity contribution in [3.8, 4) is 22.9 Å². The van der Waals surface area contributed by atoms with E-state index in [0.717, 1.165) is 12.1 Å². The highest BCUT2D eigenvalue weighted by molar-refractivity contribution is 5.61. The minimum atomic E-state index is -4.72. The summed E-state index contributed by atoms with van der Waals surface area (Å²) < 4.78 is 65.6. The van der Waals surface area contributed by atoms with Crippen LogP contribution in [0.15, 0.2) is 24.3 Å². The Labute approximate surface area is 150 Å². The summed E-state index contributed by atoms with van der Waals surface area (Å²) >= 11 is 0. The monoisotopic (exact) mass is 383 g/mol. The number of hydrogen-bond donors (Lipinski definition) is 1. The van der Waals surface area contributed by atoms with Crippen LogP contribution in [0.2, 0.25) is 0 Å². The molecule has 0 saturated carbocycles. The molecule has 142 valence electrons. The number of hydrogen-bond acceptors (Lipinski definition) is 4. The van der Waals surface area contributed by atoms with Gasteiger partial charge in [0.2, 0.25) is 0 Å². The van der Waals surface area contributed by atoms with Crippen molar-refractivity contribution in [2.24, 2.45) is 0 Å². The first-order chi connectivity index (χ1) is 12.4. The summed E-state index contributed by atoms with van der Waals surface area (Å²) in [4.78, 5) is 11.8. The van der Waals surface area contributed by atoms with Crippen LogP contribution in [0.4, 0.5) is 22.0 Å². The molecule has 1 N–H and O–H groups in total. The molecule has 0 atom stereocenters. The third-order valence-corrected chi connectivity index (χ3v) is 3.65. The molecule has 5 nitrogen and oxygen atoms in total. The van der Waals surface area contributed by atoms with Crippen molar-refractivity contribution in [2.45, 2.75) is 32.4 Å². The molecule has 0 amide bonds. The van der Waals surface area contributed by atoms with E-state index < -0.39 is 29.1 Å². The second-order valence-electron chi connectivity index (χ2n) is 6.84. The van der Waals surface area contributed by atoms with Gasteiger partial charge in [0.15, 0.2) is 11.6 Å². The summed E-state index contributed by atoms with van der Waals surface area (Å²) in [5, 5.41) is 5.33. The standard InChI is InChI=1S/C17H14F5N5/c1-16(2,3)12-7-11(14-25-15(27-26-14)17(20,21)22)23-13(24-12)9-5-4-8(18)6-10(9)19/h4-7H,1-3H3,(H,25,26,27). The number of nitrogens with zero attached hydrogens (tertiary/aromatic N) is 4. The van der Waals surface area contributed by atoms with Crippen LogP contribution < -0.4 is 0 Å². The zero-order valence-corrected chi connectivity index (χ0v) is 14.5. The quantitative estimate of drug-likeness (QED) is 0.661. The average Bonchev–Trinajstić information content (AvgIpc) is 3.04. The van der Waals surface area contributed by atoms with Gasteiger partial charge in [0.25, 0.3) is 5.82 Å². The summed E-state index contributed by atoms with van der Waals surface area (Å²) in [6, 6.07) is 4.34. The predicted octanol–water partition coefficient (Wildman–Crippen LogP) is 4.52. The first-order valence-corrected chi connectivity index (χ1v) is 7.80. The second kappa shape index (κ2) is 6.36. The normalized spacial score (nSPS) is 12.4. The van der Waals surface area contributed by atoms with E-state index in [2.05, 4.69) is 25.1 Å². The average molecular weight is 383 g/mol. The van der Waals surface area contributed by atoms with Crippen molar-refractivity contribution in [1.82, 2.24) is 25.1 Å². The van der Waals surface area contributed by atoms with Gasteiger partial charge in [0.1, 0.15) is 17.3 Å². The van der Waals surface area contributed by atoms with Crippen molar-refractivity contribution in [2.75, 3.05) is 0 Å². The van der Waals surface area contributed by atoms with E-state index in [1.165, 1.54) is 6.07 Å². The van der Waals surface area contributed by atoms with Crippen LogP contribution in [0.3, 0.4) is 0 Å². The van der Waals surface area contributed by atoms with E-state index >= 15 is 0 Å². The molecule has 1 aromatic carbocycles. The highest BCUT2D eigenvalue weighted by Gasteiger charge is 2.36. The molecule has 0 radical (unpaired) electrons. The third kappa shape index (κ3) is 3.93. The smallest absolute Gasteiger partial charge is 0.257 e. The van der Waals surface area contributed by atoms with Crippen molar-refractivity contribution >= 4 is 0 Å². The van der Waals surface area contributed by atoms with E-state index in [4.69, 9.17) is 0 Å². The van der Waals surface area contributed by atoms with E-state index in [0.29, 0.717) is 11.8 Å². The van der Waals surface area contributed by atoms with Gasteiger partial charge in [0.05, 0.1) is 11.3 Å². The molecule has 0 saturated heterocycles. The van der Waals surface area contributed by atoms with Crippen molar-refractivity contribution in [3.63, 3.8) is 0 Å². The highest BCUT2D eigenvalue weighted by atomic mass is 19.4. The fourth-order valence-corrected chi connectivity index (χ4v) is 2.25. The molecule has 0 aliphatic rings. The van der Waals surface area contributed by atoms with Gasteiger partial charge in [0, 0.05) is 11.5 Å². The summed E-state index contributed by atoms with van der Waals surface area (Å²) in [6.45, 7) is 5.47. The third-order valence-electron chi connectivity index (χ3n) is 3.65. The molecule has 2 aromatic heterocycles. The fraction of sp³-hybridized carbons (Fsp3) is 0.294. The first kappa shape index (κ1) is 18.9. The van der Waals surface area contributed by atoms with Crippen LogP contribution in [0.1, 0.15) is 32.3 Å². The molecule has 0 aliphatic heterocycles. The minimum Gasteiger partial charge on any atom is -0.257 e. The number of H-pyrrole nitrogens is 1. The number of benzene rings is 1. The Morgan fingerprint density at radius 3 is 2.19 bits per heavy atom. The molecule has 3 rings (SSSR count). The Morgan fingerprint density at radius 1 is 0.926 bits per heavy atom. The molecule has 0 spiro atoms. The Bertz CT molecular complexity index is 988. The number of rotatable bonds is 2. The van der Waals surface area contributed by atoms with Gasteiger partial charge in [-0.05, 0) is 18.2 Å². The lowest BCUT2D eigenvalue weighted by Gasteiger charge is -2.19. The summed E-state index contributed by atoms with van der Waals surface area (Å²) in [5.41, 5.74) is -0.150. The molecule has 0 aliphatic carbocycles. The van der Waals surface area contributed by atoms with Crippen LogP contribution >= 0.6 is 0 Å². The van der Waals surface area contributed by atoms with Gasteiger partial charge in [-0.25, -0.2) is 23.7 Å². The maximum absolute atomic E-state index is 14.2. The highest BCUT2D eigenvalue weighted by Crippen LogP contribution is 2.30. The lowest BCUT2D eigenvalue weighted by molar-refractivity contribution is -0.144. The van der Waals surface area contributed by atoms with Gasteiger partial charge in [-0.3, -0.25) is 5.10 Å². The Balaban J connectivity index is 2.19. The van der Waals surface area contributed by atoms with Gasteiger partial charge in [-0.15, -0.1) is 5.10 Å². The molecule has 0 bridgehead atoms. The predicted molar refractivity (Wildman–Crippen MR) is 86.5 cm³/mol. The zero-order valence-electron chi connectivity index (χ0n) is 14.5. The van der Waals surface area contributed by atoms with E-state index in [1.54, 1.807) is 0 Å². The Hall–Kier alpha value is -2.91. The van der Waals surface area contributed by atoms with E-state index in [-0.39, 0.29) is 22.9 Å². The second-order valence-corrected chi connectivity index (χ2v) is 6.84. The minimum absolute atomic E-state index is 0.0108. The Kier molecular flexibility index (Phi) is 4.44. The number of halogens is 5. The zero-order chi connectivity index (χ0) is 20.0. The van der Waals surface area contributed by atoms with Gasteiger partial charge in [-0.2, -0.15) is 13.2 Å². The molecule has 0 unspecified atom stereocenters. The van der Waals surface area contributed by atoms with Crippen LogP contribution in [0, 0.1) is 11.6 Å². The fourth-order valence-electron chi connectivity index (χ4n) is 2.25. The van der Waals surface area contributed by atoms with Crippen molar-refractivity contribution < 1.29 is 22.0 Å². The van der Waals surface area contributed by atoms with Gasteiger partial charge < -0.3 is 0 Å². The number of aromatic nitrogens is 5. The van der Waals surface area contributed by atoms with Gasteiger partial charge >= 0.3 is 6.18 Å². The van der Waals surface area contributed by atoms with E-state index in [9.17, 15) is 22.0 Å². The SMILES string of the molecule is CC(C)(C)c1cc(-c2nc(C(F)(F)F)n[nH]2)nc(-c2ccc(F)cc2F)n1. The van der Waals surface area contributed by atoms with Crippen molar-refractivity contribution in [1.29, 1.82) is 0 Å². The first-order valence-electron chi connectivity index (χ1n) is 7.80. The van der Waals surface area contributed by atoms with Gasteiger partial charge in [-0.1, -0.05) is 20.8 Å². The number of nitrogens with one attached hydrogen (secondary N) is 1. The maximum atomic E-state index is 14.2. The summed E-state index contributed by atoms with van der Waals surface area (Å²) in [7, 11) is 0. The largest absolute Gasteiger partial charge is 0.453 e. The topological polar surface area (TPSA) is 67.3 Å². The molecular formula is C17H14F5N5. The number of aromatic amines is 1. The van der Waals surface area contributed by atoms with Crippen molar-refractivity contribution in [3.05, 3.63) is 47.4 Å². The molecule has 10 heteroatoms. The molecular weight excluding hydrogens is 369 g/mol. The lowest BCUT2D eigenvalue weighted by Crippen LogP contribution is -2.15. The van der Waals surface area contributed by atoms with E-state index in [1.807, 2.05) is 20.8 Å². The molecule has 0 fully saturated rings. The Morgan fingerprint density at radius 2 is 1.63 bits per heavy atom. The van der Waals surface area contributed by atoms with Crippen LogP contribution in [-0.4, -0.2) is 25.1 Å². The summed E-state index contributed by atoms with van der Waals surface area (Å²) in [5.74, 6) is -3.34. The summed E-state index contributed by atoms with van der Waals surface area (Å²) in [6.07, 6.45) is -4.72. The number of alkyl halides is 3. The lowest BCUT2D eigenvalue weighted by atomic mass is 9.91. The van der Waals surface area contributed by atoms with Crippen LogP contribution in [0.25, 0.3) is 22.9 Å². The maximum Gasteiger partial charge on any atom is 0.453 e. The molecule has 3 aromatic rings.